The van der Waals surface area contributed by atoms with Gasteiger partial charge in [-0.05, 0) is 128 Å². The molecule has 4 fully saturated rings. The van der Waals surface area contributed by atoms with E-state index in [4.69, 9.17) is 43.2 Å². The highest BCUT2D eigenvalue weighted by molar-refractivity contribution is 9.11. The third-order valence-corrected chi connectivity index (χ3v) is 15.3. The quantitative estimate of drug-likeness (QED) is 0.0926. The van der Waals surface area contributed by atoms with E-state index in [0.717, 1.165) is 58.5 Å². The van der Waals surface area contributed by atoms with Gasteiger partial charge in [0.25, 0.3) is 11.9 Å². The van der Waals surface area contributed by atoms with E-state index in [0.29, 0.717) is 103 Å². The first-order valence-electron chi connectivity index (χ1n) is 22.6. The normalized spacial score (nSPS) is 22.4. The van der Waals surface area contributed by atoms with E-state index in [2.05, 4.69) is 132 Å². The number of anilines is 4. The average Bonchev–Trinajstić information content (AvgIpc) is 4.10. The molecule has 17 nitrogen and oxygen atoms in total. The van der Waals surface area contributed by atoms with Crippen molar-refractivity contribution >= 4 is 146 Å². The molecule has 5 N–H and O–H groups in total. The lowest BCUT2D eigenvalue weighted by molar-refractivity contribution is -1.49. The second-order valence-electron chi connectivity index (χ2n) is 17.9. The third-order valence-electron chi connectivity index (χ3n) is 12.8. The smallest absolute Gasteiger partial charge is 0.377 e. The summed E-state index contributed by atoms with van der Waals surface area (Å²) in [6, 6.07) is 15.4. The number of amides is 1. The molecule has 0 aromatic heterocycles. The van der Waals surface area contributed by atoms with Gasteiger partial charge in [0.15, 0.2) is 13.1 Å². The van der Waals surface area contributed by atoms with E-state index in [9.17, 15) is 4.79 Å². The summed E-state index contributed by atoms with van der Waals surface area (Å²) >= 11 is 25.7. The second-order valence-corrected chi connectivity index (χ2v) is 21.3. The first kappa shape index (κ1) is 50.6. The van der Waals surface area contributed by atoms with Crippen molar-refractivity contribution in [2.45, 2.75) is 27.7 Å². The predicted molar refractivity (Wildman–Crippen MR) is 294 cm³/mol. The molecule has 366 valence electrons. The molecule has 0 radical (unpaired) electrons. The molecule has 1 amide bonds. The highest BCUT2D eigenvalue weighted by Gasteiger charge is 2.73. The van der Waals surface area contributed by atoms with Gasteiger partial charge in [-0.1, -0.05) is 23.2 Å². The molecule has 4 aliphatic heterocycles. The minimum atomic E-state index is -0.199. The number of quaternary nitrogens is 2. The molecule has 2 atom stereocenters. The molecule has 2 unspecified atom stereocenters. The first-order valence-corrected chi connectivity index (χ1v) is 25.7. The van der Waals surface area contributed by atoms with E-state index < -0.39 is 0 Å². The number of aliphatic imine (C=N–C) groups is 4. The van der Waals surface area contributed by atoms with Gasteiger partial charge in [0.1, 0.15) is 0 Å². The number of nitrogens with one attached hydrogen (secondary N) is 5. The highest BCUT2D eigenvalue weighted by atomic mass is 79.9. The molecule has 4 saturated heterocycles. The Balaban J connectivity index is 1.48. The summed E-state index contributed by atoms with van der Waals surface area (Å²) in [4.78, 5) is 40.7. The molecule has 0 aliphatic carbocycles. The topological polar surface area (TPSA) is 143 Å². The summed E-state index contributed by atoms with van der Waals surface area (Å²) in [5.74, 6) is 2.33. The first-order chi connectivity index (χ1) is 32.8. The molecular weight excluding hydrogens is 1120 g/mol. The highest BCUT2D eigenvalue weighted by Crippen LogP contribution is 2.45. The van der Waals surface area contributed by atoms with Crippen LogP contribution in [0.2, 0.25) is 10.0 Å². The van der Waals surface area contributed by atoms with Crippen molar-refractivity contribution in [3.8, 4) is 0 Å². The summed E-state index contributed by atoms with van der Waals surface area (Å²) in [6.45, 7) is 12.1. The van der Waals surface area contributed by atoms with E-state index in [1.807, 2.05) is 60.5 Å². The molecule has 22 heteroatoms. The Hall–Kier alpha value is -4.83. The van der Waals surface area contributed by atoms with Gasteiger partial charge in [-0.15, -0.1) is 10.0 Å². The van der Waals surface area contributed by atoms with Crippen molar-refractivity contribution in [1.82, 2.24) is 31.3 Å². The maximum Gasteiger partial charge on any atom is 0.381 e. The van der Waals surface area contributed by atoms with E-state index in [1.54, 1.807) is 18.2 Å². The molecule has 8 rings (SSSR count). The van der Waals surface area contributed by atoms with E-state index >= 15 is 0 Å². The molecule has 0 saturated carbocycles. The fourth-order valence-corrected chi connectivity index (χ4v) is 12.9. The van der Waals surface area contributed by atoms with Gasteiger partial charge in [0.05, 0.1) is 70.3 Å². The van der Waals surface area contributed by atoms with Crippen molar-refractivity contribution < 1.29 is 14.2 Å². The maximum absolute atomic E-state index is 12.2. The fourth-order valence-electron chi connectivity index (χ4n) is 9.93. The van der Waals surface area contributed by atoms with Gasteiger partial charge in [-0.3, -0.25) is 4.79 Å². The Kier molecular flexibility index (Phi) is 14.7. The van der Waals surface area contributed by atoms with Gasteiger partial charge < -0.3 is 41.3 Å². The standard InChI is InChI=1S/C47H58Br3Cl2N16O/c1-27-37(15-12-32(48)42(27)63(7)8)58-44-53-17-21-65(44)67(23-19-55-46(67)60-40-29(3)43(64(9)10)34(50)26-33(40)49)68(24-20-56-47(68)61-41-28(2)39(62(5)6)16-14-36(41)52)66-22-18-54-45(66)59-38-25-31(57-30(4)69)11-13-35(38)51/h11-16,25-26H,17-24H2,1-10H3,(H4-,53,54,55,56,57,58,59,60,61,69)/q+1/p+1. The predicted octanol–water partition coefficient (Wildman–Crippen LogP) is 8.81. The van der Waals surface area contributed by atoms with Crippen LogP contribution in [0.3, 0.4) is 0 Å². The molecular formula is C47H59Br3Cl2N16O+2. The molecule has 4 aromatic rings. The summed E-state index contributed by atoms with van der Waals surface area (Å²) in [5, 5.41) is 23.4. The number of rotatable bonds is 11. The number of guanidine groups is 4. The van der Waals surface area contributed by atoms with Gasteiger partial charge in [0, 0.05) is 102 Å². The molecule has 4 aliphatic rings. The van der Waals surface area contributed by atoms with E-state index in [-0.39, 0.29) is 15.3 Å². The molecule has 4 heterocycles. The van der Waals surface area contributed by atoms with Crippen LogP contribution in [-0.2, 0) is 4.79 Å². The summed E-state index contributed by atoms with van der Waals surface area (Å²) in [7, 11) is 12.2. The Morgan fingerprint density at radius 3 is 1.72 bits per heavy atom. The van der Waals surface area contributed by atoms with Crippen LogP contribution in [0.4, 0.5) is 45.5 Å². The van der Waals surface area contributed by atoms with Crippen molar-refractivity contribution in [1.29, 1.82) is 0 Å². The van der Waals surface area contributed by atoms with Crippen LogP contribution in [0.1, 0.15) is 23.6 Å². The van der Waals surface area contributed by atoms with Crippen LogP contribution >= 0.6 is 71.0 Å². The molecule has 69 heavy (non-hydrogen) atoms. The number of carbonyl (C=O) groups excluding carboxylic acids is 1. The minimum Gasteiger partial charge on any atom is -0.377 e. The number of hydrogen-bond donors (Lipinski definition) is 5. The Morgan fingerprint density at radius 1 is 0.609 bits per heavy atom. The fraction of sp³-hybridized carbons (Fsp3) is 0.383. The van der Waals surface area contributed by atoms with Crippen LogP contribution < -0.4 is 41.3 Å². The molecule has 0 spiro atoms. The lowest BCUT2D eigenvalue weighted by Gasteiger charge is -2.50. The van der Waals surface area contributed by atoms with Crippen molar-refractivity contribution in [2.24, 2.45) is 20.0 Å². The largest absolute Gasteiger partial charge is 0.381 e. The SMILES string of the molecule is CC(=O)Nc1ccc(Cl)c(N=C2NCCN2[N+]2([N+]3(N4CCNC4=Nc4ccc(Br)c(N(C)C)c4C)CCNC3=Nc3c(Br)cc(Br)c(N(C)C)c3C)CCNC2=Nc2c(Cl)ccc(N(C)C)c2C)c1. The zero-order valence-corrected chi connectivity index (χ0v) is 46.8. The Labute approximate surface area is 439 Å². The minimum absolute atomic E-state index is 0.0271. The maximum atomic E-state index is 12.2. The average molecular weight is 1170 g/mol. The number of hydrogen-bond acceptors (Lipinski definition) is 8. The number of benzene rings is 4. The summed E-state index contributed by atoms with van der Waals surface area (Å²) in [6.07, 6.45) is 0. The van der Waals surface area contributed by atoms with Gasteiger partial charge in [-0.25, -0.2) is 9.98 Å². The lowest BCUT2D eigenvalue weighted by atomic mass is 10.1. The van der Waals surface area contributed by atoms with Crippen molar-refractivity contribution in [3.05, 3.63) is 88.7 Å². The van der Waals surface area contributed by atoms with Crippen molar-refractivity contribution in [2.75, 3.05) is 115 Å². The molecule has 4 aromatic carbocycles. The van der Waals surface area contributed by atoms with Crippen LogP contribution in [0, 0.1) is 20.8 Å². The van der Waals surface area contributed by atoms with Crippen LogP contribution in [0.25, 0.3) is 0 Å². The summed E-state index contributed by atoms with van der Waals surface area (Å²) in [5.41, 5.74) is 9.29. The Bertz CT molecular complexity index is 2840. The second kappa shape index (κ2) is 20.1. The lowest BCUT2D eigenvalue weighted by Crippen LogP contribution is -2.86. The van der Waals surface area contributed by atoms with E-state index in [1.165, 1.54) is 6.92 Å². The van der Waals surface area contributed by atoms with Gasteiger partial charge in [-0.2, -0.15) is 9.98 Å². The third kappa shape index (κ3) is 9.10. The van der Waals surface area contributed by atoms with Crippen molar-refractivity contribution in [3.63, 3.8) is 0 Å². The van der Waals surface area contributed by atoms with Gasteiger partial charge >= 0.3 is 11.9 Å². The van der Waals surface area contributed by atoms with Crippen LogP contribution in [-0.4, -0.2) is 144 Å². The van der Waals surface area contributed by atoms with Gasteiger partial charge in [0.2, 0.25) is 5.91 Å². The van der Waals surface area contributed by atoms with Crippen LogP contribution in [0.5, 0.6) is 0 Å². The number of halogens is 5. The molecule has 0 bridgehead atoms. The van der Waals surface area contributed by atoms with Crippen LogP contribution in [0.15, 0.2) is 81.9 Å². The zero-order chi connectivity index (χ0) is 49.7. The number of carbonyl (C=O) groups is 1. The summed E-state index contributed by atoms with van der Waals surface area (Å²) < 4.78 is 2.83. The Morgan fingerprint density at radius 2 is 1.16 bits per heavy atom. The zero-order valence-electron chi connectivity index (χ0n) is 40.5. The number of nitrogens with zero attached hydrogens (tertiary/aromatic N) is 11. The monoisotopic (exact) mass is 1170 g/mol.